The van der Waals surface area contributed by atoms with Crippen molar-refractivity contribution in [1.82, 2.24) is 4.57 Å². The molecule has 0 bridgehead atoms. The number of nitrogens with zero attached hydrogens (tertiary/aromatic N) is 1. The van der Waals surface area contributed by atoms with E-state index in [4.69, 9.17) is 5.11 Å². The van der Waals surface area contributed by atoms with Gasteiger partial charge in [0.2, 0.25) is 0 Å². The molecule has 1 heterocycles. The molecule has 0 radical (unpaired) electrons. The minimum absolute atomic E-state index is 0.0589. The SMILES string of the molecule is CC(=O)c1ccn([C@@H](C)C(=O)O)c1. The van der Waals surface area contributed by atoms with Crippen molar-refractivity contribution in [2.75, 3.05) is 0 Å². The molecule has 1 rings (SSSR count). The summed E-state index contributed by atoms with van der Waals surface area (Å²) in [5.41, 5.74) is 0.535. The number of aromatic nitrogens is 1. The molecule has 1 atom stereocenters. The average molecular weight is 181 g/mol. The van der Waals surface area contributed by atoms with E-state index >= 15 is 0 Å². The van der Waals surface area contributed by atoms with E-state index in [1.807, 2.05) is 0 Å². The van der Waals surface area contributed by atoms with E-state index in [2.05, 4.69) is 0 Å². The van der Waals surface area contributed by atoms with Gasteiger partial charge in [-0.15, -0.1) is 0 Å². The molecule has 0 aliphatic rings. The molecule has 70 valence electrons. The first-order valence-electron chi connectivity index (χ1n) is 3.93. The summed E-state index contributed by atoms with van der Waals surface area (Å²) >= 11 is 0. The molecular formula is C9H11NO3. The molecule has 1 aromatic rings. The molecule has 0 aliphatic heterocycles. The van der Waals surface area contributed by atoms with E-state index in [0.29, 0.717) is 5.56 Å². The summed E-state index contributed by atoms with van der Waals surface area (Å²) in [5, 5.41) is 8.68. The van der Waals surface area contributed by atoms with Crippen LogP contribution in [0.3, 0.4) is 0 Å². The molecular weight excluding hydrogens is 170 g/mol. The van der Waals surface area contributed by atoms with Gasteiger partial charge in [0, 0.05) is 18.0 Å². The lowest BCUT2D eigenvalue weighted by Crippen LogP contribution is -2.13. The number of hydrogen-bond acceptors (Lipinski definition) is 2. The number of carboxylic acid groups (broad SMARTS) is 1. The predicted molar refractivity (Wildman–Crippen MR) is 46.8 cm³/mol. The van der Waals surface area contributed by atoms with Gasteiger partial charge in [-0.2, -0.15) is 0 Å². The monoisotopic (exact) mass is 181 g/mol. The summed E-state index contributed by atoms with van der Waals surface area (Å²) in [6, 6.07) is 0.981. The Kier molecular flexibility index (Phi) is 2.51. The molecule has 4 nitrogen and oxygen atoms in total. The molecule has 0 spiro atoms. The highest BCUT2D eigenvalue weighted by Crippen LogP contribution is 2.09. The third-order valence-electron chi connectivity index (χ3n) is 1.93. The lowest BCUT2D eigenvalue weighted by atomic mass is 10.2. The fourth-order valence-electron chi connectivity index (χ4n) is 0.990. The minimum atomic E-state index is -0.911. The second kappa shape index (κ2) is 3.43. The van der Waals surface area contributed by atoms with E-state index < -0.39 is 12.0 Å². The smallest absolute Gasteiger partial charge is 0.326 e. The van der Waals surface area contributed by atoms with Gasteiger partial charge in [0.25, 0.3) is 0 Å². The van der Waals surface area contributed by atoms with Crippen LogP contribution in [0.4, 0.5) is 0 Å². The number of hydrogen-bond donors (Lipinski definition) is 1. The number of rotatable bonds is 3. The van der Waals surface area contributed by atoms with Gasteiger partial charge in [-0.3, -0.25) is 4.79 Å². The second-order valence-corrected chi connectivity index (χ2v) is 2.92. The van der Waals surface area contributed by atoms with Crippen LogP contribution in [0.2, 0.25) is 0 Å². The van der Waals surface area contributed by atoms with Crippen LogP contribution >= 0.6 is 0 Å². The van der Waals surface area contributed by atoms with Gasteiger partial charge in [-0.05, 0) is 19.9 Å². The molecule has 4 heteroatoms. The highest BCUT2D eigenvalue weighted by molar-refractivity contribution is 5.93. The molecule has 0 aliphatic carbocycles. The highest BCUT2D eigenvalue weighted by Gasteiger charge is 2.13. The topological polar surface area (TPSA) is 59.3 Å². The van der Waals surface area contributed by atoms with Crippen molar-refractivity contribution in [3.63, 3.8) is 0 Å². The summed E-state index contributed by atoms with van der Waals surface area (Å²) in [6.45, 7) is 3.01. The third kappa shape index (κ3) is 1.96. The van der Waals surface area contributed by atoms with Crippen molar-refractivity contribution in [2.45, 2.75) is 19.9 Å². The standard InChI is InChI=1S/C9H11NO3/c1-6(9(12)13)10-4-3-8(5-10)7(2)11/h3-6H,1-2H3,(H,12,13)/t6-/m0/s1. The molecule has 13 heavy (non-hydrogen) atoms. The van der Waals surface area contributed by atoms with Gasteiger partial charge in [0.1, 0.15) is 6.04 Å². The number of carbonyl (C=O) groups excluding carboxylic acids is 1. The zero-order valence-corrected chi connectivity index (χ0v) is 7.52. The van der Waals surface area contributed by atoms with Crippen LogP contribution in [-0.4, -0.2) is 21.4 Å². The maximum Gasteiger partial charge on any atom is 0.326 e. The predicted octanol–water partition coefficient (Wildman–Crippen LogP) is 1.34. The quantitative estimate of drug-likeness (QED) is 0.716. The van der Waals surface area contributed by atoms with Crippen molar-refractivity contribution in [1.29, 1.82) is 0 Å². The van der Waals surface area contributed by atoms with Gasteiger partial charge in [-0.25, -0.2) is 4.79 Å². The molecule has 1 N–H and O–H groups in total. The van der Waals surface area contributed by atoms with Crippen LogP contribution in [0.5, 0.6) is 0 Å². The fraction of sp³-hybridized carbons (Fsp3) is 0.333. The second-order valence-electron chi connectivity index (χ2n) is 2.92. The first-order valence-corrected chi connectivity index (χ1v) is 3.93. The summed E-state index contributed by atoms with van der Waals surface area (Å²) in [4.78, 5) is 21.5. The largest absolute Gasteiger partial charge is 0.480 e. The van der Waals surface area contributed by atoms with E-state index in [0.717, 1.165) is 0 Å². The molecule has 0 saturated heterocycles. The normalized spacial score (nSPS) is 12.5. The van der Waals surface area contributed by atoms with Gasteiger partial charge >= 0.3 is 5.97 Å². The van der Waals surface area contributed by atoms with Crippen molar-refractivity contribution < 1.29 is 14.7 Å². The Bertz CT molecular complexity index is 340. The zero-order chi connectivity index (χ0) is 10.0. The Labute approximate surface area is 75.8 Å². The maximum atomic E-state index is 10.9. The van der Waals surface area contributed by atoms with E-state index in [-0.39, 0.29) is 5.78 Å². The minimum Gasteiger partial charge on any atom is -0.480 e. The van der Waals surface area contributed by atoms with Crippen LogP contribution in [0.1, 0.15) is 30.2 Å². The van der Waals surface area contributed by atoms with Crippen LogP contribution in [0, 0.1) is 0 Å². The third-order valence-corrected chi connectivity index (χ3v) is 1.93. The maximum absolute atomic E-state index is 10.9. The van der Waals surface area contributed by atoms with E-state index in [9.17, 15) is 9.59 Å². The van der Waals surface area contributed by atoms with Crippen molar-refractivity contribution in [2.24, 2.45) is 0 Å². The molecule has 0 amide bonds. The Morgan fingerprint density at radius 1 is 1.54 bits per heavy atom. The summed E-state index contributed by atoms with van der Waals surface area (Å²) in [7, 11) is 0. The van der Waals surface area contributed by atoms with Gasteiger partial charge in [0.15, 0.2) is 5.78 Å². The number of carboxylic acids is 1. The van der Waals surface area contributed by atoms with Crippen LogP contribution in [0.15, 0.2) is 18.5 Å². The van der Waals surface area contributed by atoms with Gasteiger partial charge < -0.3 is 9.67 Å². The Balaban J connectivity index is 2.91. The summed E-state index contributed by atoms with van der Waals surface area (Å²) < 4.78 is 1.50. The van der Waals surface area contributed by atoms with E-state index in [1.165, 1.54) is 11.5 Å². The van der Waals surface area contributed by atoms with Crippen LogP contribution < -0.4 is 0 Å². The number of carbonyl (C=O) groups is 2. The first kappa shape index (κ1) is 9.51. The van der Waals surface area contributed by atoms with Crippen molar-refractivity contribution in [3.05, 3.63) is 24.0 Å². The van der Waals surface area contributed by atoms with Crippen LogP contribution in [-0.2, 0) is 4.79 Å². The molecule has 0 saturated carbocycles. The number of aliphatic carboxylic acids is 1. The van der Waals surface area contributed by atoms with Gasteiger partial charge in [-0.1, -0.05) is 0 Å². The summed E-state index contributed by atoms with van der Waals surface area (Å²) in [5.74, 6) is -0.970. The van der Waals surface area contributed by atoms with Crippen molar-refractivity contribution >= 4 is 11.8 Å². The number of ketones is 1. The average Bonchev–Trinajstić information content (AvgIpc) is 2.50. The Morgan fingerprint density at radius 3 is 2.54 bits per heavy atom. The van der Waals surface area contributed by atoms with Crippen LogP contribution in [0.25, 0.3) is 0 Å². The van der Waals surface area contributed by atoms with Crippen molar-refractivity contribution in [3.8, 4) is 0 Å². The molecule has 0 unspecified atom stereocenters. The molecule has 1 aromatic heterocycles. The highest BCUT2D eigenvalue weighted by atomic mass is 16.4. The summed E-state index contributed by atoms with van der Waals surface area (Å²) in [6.07, 6.45) is 3.14. The lowest BCUT2D eigenvalue weighted by molar-refractivity contribution is -0.140. The Morgan fingerprint density at radius 2 is 2.15 bits per heavy atom. The Hall–Kier alpha value is -1.58. The zero-order valence-electron chi connectivity index (χ0n) is 7.52. The van der Waals surface area contributed by atoms with E-state index in [1.54, 1.807) is 25.4 Å². The molecule has 0 fully saturated rings. The lowest BCUT2D eigenvalue weighted by Gasteiger charge is -2.06. The van der Waals surface area contributed by atoms with Gasteiger partial charge in [0.05, 0.1) is 0 Å². The first-order chi connectivity index (χ1) is 6.02. The fourth-order valence-corrected chi connectivity index (χ4v) is 0.990. The number of Topliss-reactive ketones (excluding diaryl/α,β-unsaturated/α-hetero) is 1. The molecule has 0 aromatic carbocycles.